The van der Waals surface area contributed by atoms with Gasteiger partial charge in [-0.2, -0.15) is 0 Å². The van der Waals surface area contributed by atoms with Gasteiger partial charge in [0.15, 0.2) is 0 Å². The van der Waals surface area contributed by atoms with Crippen molar-refractivity contribution in [2.45, 2.75) is 45.8 Å². The molecule has 0 saturated heterocycles. The molecule has 0 amide bonds. The fraction of sp³-hybridized carbons (Fsp3) is 0.600. The summed E-state index contributed by atoms with van der Waals surface area (Å²) >= 11 is 5.91. The molecule has 1 aromatic carbocycles. The molecule has 1 unspecified atom stereocenters. The summed E-state index contributed by atoms with van der Waals surface area (Å²) in [5.41, 5.74) is 3.72. The molecule has 1 rings (SSSR count). The molecule has 3 heteroatoms. The van der Waals surface area contributed by atoms with Crippen LogP contribution in [-0.2, 0) is 11.3 Å². The van der Waals surface area contributed by atoms with Crippen LogP contribution in [0.15, 0.2) is 18.2 Å². The minimum Gasteiger partial charge on any atom is -0.381 e. The molecular weight excluding hydrogens is 246 g/mol. The highest BCUT2D eigenvalue weighted by Gasteiger charge is 2.09. The van der Waals surface area contributed by atoms with Crippen LogP contribution in [0.5, 0.6) is 0 Å². The maximum atomic E-state index is 5.91. The van der Waals surface area contributed by atoms with Crippen LogP contribution in [0.25, 0.3) is 0 Å². The van der Waals surface area contributed by atoms with Crippen LogP contribution in [0.2, 0.25) is 0 Å². The number of alkyl halides is 1. The Bertz CT molecular complexity index is 362. The molecule has 2 nitrogen and oxygen atoms in total. The second-order valence-corrected chi connectivity index (χ2v) is 5.21. The van der Waals surface area contributed by atoms with Crippen molar-refractivity contribution in [2.75, 3.05) is 18.3 Å². The zero-order valence-electron chi connectivity index (χ0n) is 11.8. The summed E-state index contributed by atoms with van der Waals surface area (Å²) in [4.78, 5) is 0. The standard InChI is InChI=1S/C15H24ClNO/c1-5-13(9-16)17-14-6-7-15(11(2)3)12(8-14)10-18-4/h6-8,11,13,17H,5,9-10H2,1-4H3. The maximum absolute atomic E-state index is 5.91. The molecule has 0 spiro atoms. The van der Waals surface area contributed by atoms with Crippen molar-refractivity contribution in [1.29, 1.82) is 0 Å². The minimum absolute atomic E-state index is 0.326. The summed E-state index contributed by atoms with van der Waals surface area (Å²) in [6.07, 6.45) is 1.02. The van der Waals surface area contributed by atoms with E-state index in [4.69, 9.17) is 16.3 Å². The van der Waals surface area contributed by atoms with E-state index in [0.717, 1.165) is 12.1 Å². The normalized spacial score (nSPS) is 12.8. The van der Waals surface area contributed by atoms with E-state index in [1.165, 1.54) is 11.1 Å². The molecule has 0 bridgehead atoms. The Morgan fingerprint density at radius 1 is 1.33 bits per heavy atom. The zero-order valence-corrected chi connectivity index (χ0v) is 12.6. The largest absolute Gasteiger partial charge is 0.381 e. The van der Waals surface area contributed by atoms with Crippen LogP contribution in [0.1, 0.15) is 44.2 Å². The summed E-state index contributed by atoms with van der Waals surface area (Å²) in [5.74, 6) is 1.14. The number of benzene rings is 1. The molecule has 1 aromatic rings. The van der Waals surface area contributed by atoms with E-state index in [9.17, 15) is 0 Å². The number of methoxy groups -OCH3 is 1. The van der Waals surface area contributed by atoms with E-state index in [2.05, 4.69) is 44.3 Å². The Labute approximate surface area is 116 Å². The summed E-state index contributed by atoms with van der Waals surface area (Å²) in [6.45, 7) is 7.20. The molecule has 0 radical (unpaired) electrons. The van der Waals surface area contributed by atoms with Gasteiger partial charge in [0.1, 0.15) is 0 Å². The Kier molecular flexibility index (Phi) is 6.51. The number of rotatable bonds is 7. The van der Waals surface area contributed by atoms with Crippen LogP contribution in [0.3, 0.4) is 0 Å². The van der Waals surface area contributed by atoms with Gasteiger partial charge in [-0.15, -0.1) is 11.6 Å². The molecule has 0 saturated carbocycles. The number of hydrogen-bond donors (Lipinski definition) is 1. The lowest BCUT2D eigenvalue weighted by Gasteiger charge is -2.18. The Morgan fingerprint density at radius 3 is 2.56 bits per heavy atom. The van der Waals surface area contributed by atoms with Crippen LogP contribution in [0, 0.1) is 0 Å². The van der Waals surface area contributed by atoms with Crippen molar-refractivity contribution < 1.29 is 4.74 Å². The topological polar surface area (TPSA) is 21.3 Å². The van der Waals surface area contributed by atoms with Gasteiger partial charge < -0.3 is 10.1 Å². The lowest BCUT2D eigenvalue weighted by molar-refractivity contribution is 0.184. The highest BCUT2D eigenvalue weighted by molar-refractivity contribution is 6.18. The summed E-state index contributed by atoms with van der Waals surface area (Å²) < 4.78 is 5.28. The fourth-order valence-electron chi connectivity index (χ4n) is 2.02. The Morgan fingerprint density at radius 2 is 2.06 bits per heavy atom. The molecule has 0 fully saturated rings. The summed E-state index contributed by atoms with van der Waals surface area (Å²) in [6, 6.07) is 6.81. The van der Waals surface area contributed by atoms with E-state index >= 15 is 0 Å². The van der Waals surface area contributed by atoms with Gasteiger partial charge in [-0.05, 0) is 35.6 Å². The highest BCUT2D eigenvalue weighted by Crippen LogP contribution is 2.24. The molecule has 102 valence electrons. The average Bonchev–Trinajstić information content (AvgIpc) is 2.36. The predicted octanol–water partition coefficient (Wildman–Crippen LogP) is 4.39. The van der Waals surface area contributed by atoms with E-state index in [1.807, 2.05) is 0 Å². The summed E-state index contributed by atoms with van der Waals surface area (Å²) in [5, 5.41) is 3.46. The SMILES string of the molecule is CCC(CCl)Nc1ccc(C(C)C)c(COC)c1. The first-order chi connectivity index (χ1) is 8.62. The number of anilines is 1. The highest BCUT2D eigenvalue weighted by atomic mass is 35.5. The second-order valence-electron chi connectivity index (χ2n) is 4.91. The van der Waals surface area contributed by atoms with Gasteiger partial charge in [0.2, 0.25) is 0 Å². The van der Waals surface area contributed by atoms with Crippen molar-refractivity contribution in [2.24, 2.45) is 0 Å². The van der Waals surface area contributed by atoms with Gasteiger partial charge in [-0.1, -0.05) is 26.8 Å². The minimum atomic E-state index is 0.326. The Balaban J connectivity index is 2.91. The molecule has 18 heavy (non-hydrogen) atoms. The third-order valence-electron chi connectivity index (χ3n) is 3.11. The molecule has 0 aromatic heterocycles. The molecule has 0 aliphatic heterocycles. The van der Waals surface area contributed by atoms with Gasteiger partial charge in [0.25, 0.3) is 0 Å². The smallest absolute Gasteiger partial charge is 0.0716 e. The first-order valence-corrected chi connectivity index (χ1v) is 7.10. The first kappa shape index (κ1) is 15.3. The lowest BCUT2D eigenvalue weighted by atomic mass is 9.97. The average molecular weight is 270 g/mol. The second kappa shape index (κ2) is 7.65. The zero-order chi connectivity index (χ0) is 13.5. The van der Waals surface area contributed by atoms with Crippen LogP contribution >= 0.6 is 11.6 Å². The Hall–Kier alpha value is -0.730. The number of nitrogens with one attached hydrogen (secondary N) is 1. The van der Waals surface area contributed by atoms with Crippen molar-refractivity contribution >= 4 is 17.3 Å². The molecule has 0 aliphatic rings. The van der Waals surface area contributed by atoms with Crippen LogP contribution in [-0.4, -0.2) is 19.0 Å². The van der Waals surface area contributed by atoms with Gasteiger partial charge in [-0.25, -0.2) is 0 Å². The molecular formula is C15H24ClNO. The molecule has 1 N–H and O–H groups in total. The fourth-order valence-corrected chi connectivity index (χ4v) is 2.32. The van der Waals surface area contributed by atoms with Crippen LogP contribution < -0.4 is 5.32 Å². The monoisotopic (exact) mass is 269 g/mol. The van der Waals surface area contributed by atoms with Crippen molar-refractivity contribution in [1.82, 2.24) is 0 Å². The number of hydrogen-bond acceptors (Lipinski definition) is 2. The number of ether oxygens (including phenoxy) is 1. The van der Waals surface area contributed by atoms with Crippen molar-refractivity contribution in [3.63, 3.8) is 0 Å². The van der Waals surface area contributed by atoms with Crippen LogP contribution in [0.4, 0.5) is 5.69 Å². The quantitative estimate of drug-likeness (QED) is 0.742. The first-order valence-electron chi connectivity index (χ1n) is 6.56. The third-order valence-corrected chi connectivity index (χ3v) is 3.49. The maximum Gasteiger partial charge on any atom is 0.0716 e. The van der Waals surface area contributed by atoms with E-state index in [1.54, 1.807) is 7.11 Å². The third kappa shape index (κ3) is 4.18. The predicted molar refractivity (Wildman–Crippen MR) is 79.7 cm³/mol. The van der Waals surface area contributed by atoms with Gasteiger partial charge >= 0.3 is 0 Å². The molecule has 1 atom stereocenters. The van der Waals surface area contributed by atoms with E-state index < -0.39 is 0 Å². The van der Waals surface area contributed by atoms with Gasteiger partial charge in [-0.3, -0.25) is 0 Å². The molecule has 0 heterocycles. The lowest BCUT2D eigenvalue weighted by Crippen LogP contribution is -2.20. The van der Waals surface area contributed by atoms with Gasteiger partial charge in [0.05, 0.1) is 6.61 Å². The van der Waals surface area contributed by atoms with Crippen molar-refractivity contribution in [3.05, 3.63) is 29.3 Å². The number of halogens is 1. The van der Waals surface area contributed by atoms with E-state index in [0.29, 0.717) is 24.4 Å². The van der Waals surface area contributed by atoms with Crippen molar-refractivity contribution in [3.8, 4) is 0 Å². The molecule has 0 aliphatic carbocycles. The summed E-state index contributed by atoms with van der Waals surface area (Å²) in [7, 11) is 1.73. The van der Waals surface area contributed by atoms with E-state index in [-0.39, 0.29) is 0 Å². The van der Waals surface area contributed by atoms with Gasteiger partial charge in [0, 0.05) is 24.7 Å².